The van der Waals surface area contributed by atoms with E-state index in [-0.39, 0.29) is 11.8 Å². The molecular formula is C18H30N2O. The van der Waals surface area contributed by atoms with E-state index in [0.29, 0.717) is 6.54 Å². The second-order valence-electron chi connectivity index (χ2n) is 5.61. The highest BCUT2D eigenvalue weighted by molar-refractivity contribution is 5.95. The van der Waals surface area contributed by atoms with E-state index in [4.69, 9.17) is 5.73 Å². The summed E-state index contributed by atoms with van der Waals surface area (Å²) in [5, 5.41) is 0. The third-order valence-corrected chi connectivity index (χ3v) is 3.95. The largest absolute Gasteiger partial charge is 0.326 e. The van der Waals surface area contributed by atoms with Crippen LogP contribution in [-0.2, 0) is 11.3 Å². The van der Waals surface area contributed by atoms with Crippen molar-refractivity contribution in [3.63, 3.8) is 0 Å². The van der Waals surface area contributed by atoms with Gasteiger partial charge in [-0.2, -0.15) is 0 Å². The third kappa shape index (κ3) is 5.16. The maximum absolute atomic E-state index is 12.8. The lowest BCUT2D eigenvalue weighted by Gasteiger charge is -2.27. The summed E-state index contributed by atoms with van der Waals surface area (Å²) in [6.07, 6.45) is 5.14. The first-order chi connectivity index (χ1) is 10.2. The van der Waals surface area contributed by atoms with E-state index in [0.717, 1.165) is 49.9 Å². The topological polar surface area (TPSA) is 46.3 Å². The van der Waals surface area contributed by atoms with Gasteiger partial charge in [0.15, 0.2) is 0 Å². The molecule has 0 aromatic heterocycles. The molecule has 1 amide bonds. The van der Waals surface area contributed by atoms with Crippen LogP contribution in [0.2, 0.25) is 0 Å². The van der Waals surface area contributed by atoms with Gasteiger partial charge in [-0.1, -0.05) is 45.7 Å². The van der Waals surface area contributed by atoms with Gasteiger partial charge < -0.3 is 10.6 Å². The Morgan fingerprint density at radius 2 is 1.81 bits per heavy atom. The summed E-state index contributed by atoms with van der Waals surface area (Å²) in [5.74, 6) is 0.416. The maximum Gasteiger partial charge on any atom is 0.230 e. The van der Waals surface area contributed by atoms with Gasteiger partial charge in [0.05, 0.1) is 0 Å². The van der Waals surface area contributed by atoms with Gasteiger partial charge in [0.2, 0.25) is 5.91 Å². The minimum Gasteiger partial charge on any atom is -0.326 e. The number of nitrogens with two attached hydrogens (primary N) is 1. The SMILES string of the molecule is CCCCC(CC)C(=O)N(CCC)c1ccc(CN)cc1. The molecule has 0 saturated heterocycles. The standard InChI is InChI=1S/C18H30N2O/c1-4-7-8-16(6-3)18(21)20(13-5-2)17-11-9-15(14-19)10-12-17/h9-12,16H,4-8,13-14,19H2,1-3H3. The molecule has 0 radical (unpaired) electrons. The van der Waals surface area contributed by atoms with Crippen LogP contribution in [0.25, 0.3) is 0 Å². The molecule has 21 heavy (non-hydrogen) atoms. The van der Waals surface area contributed by atoms with Crippen molar-refractivity contribution in [3.05, 3.63) is 29.8 Å². The molecule has 0 spiro atoms. The Balaban J connectivity index is 2.89. The number of hydrogen-bond acceptors (Lipinski definition) is 2. The Morgan fingerprint density at radius 3 is 2.29 bits per heavy atom. The molecular weight excluding hydrogens is 260 g/mol. The van der Waals surface area contributed by atoms with Crippen LogP contribution in [0.5, 0.6) is 0 Å². The summed E-state index contributed by atoms with van der Waals surface area (Å²) in [6.45, 7) is 7.72. The minimum atomic E-state index is 0.144. The minimum absolute atomic E-state index is 0.144. The van der Waals surface area contributed by atoms with Gasteiger partial charge in [-0.15, -0.1) is 0 Å². The lowest BCUT2D eigenvalue weighted by Crippen LogP contribution is -2.36. The van der Waals surface area contributed by atoms with Crippen LogP contribution >= 0.6 is 0 Å². The second-order valence-corrected chi connectivity index (χ2v) is 5.61. The Labute approximate surface area is 129 Å². The van der Waals surface area contributed by atoms with Crippen LogP contribution < -0.4 is 10.6 Å². The third-order valence-electron chi connectivity index (χ3n) is 3.95. The smallest absolute Gasteiger partial charge is 0.230 e. The summed E-state index contributed by atoms with van der Waals surface area (Å²) in [6, 6.07) is 8.06. The number of nitrogens with zero attached hydrogens (tertiary/aromatic N) is 1. The Kier molecular flexibility index (Phi) is 8.06. The zero-order valence-electron chi connectivity index (χ0n) is 13.8. The van der Waals surface area contributed by atoms with E-state index in [9.17, 15) is 4.79 Å². The number of unbranched alkanes of at least 4 members (excludes halogenated alkanes) is 1. The fourth-order valence-electron chi connectivity index (χ4n) is 2.58. The van der Waals surface area contributed by atoms with Gasteiger partial charge in [0.1, 0.15) is 0 Å². The number of carbonyl (C=O) groups is 1. The van der Waals surface area contributed by atoms with Crippen LogP contribution in [-0.4, -0.2) is 12.5 Å². The number of benzene rings is 1. The zero-order valence-corrected chi connectivity index (χ0v) is 13.8. The van der Waals surface area contributed by atoms with Crippen molar-refractivity contribution in [1.29, 1.82) is 0 Å². The average molecular weight is 290 g/mol. The number of rotatable bonds is 9. The molecule has 1 aromatic carbocycles. The van der Waals surface area contributed by atoms with Crippen molar-refractivity contribution >= 4 is 11.6 Å². The highest BCUT2D eigenvalue weighted by Gasteiger charge is 2.23. The van der Waals surface area contributed by atoms with Crippen LogP contribution in [0.1, 0.15) is 58.4 Å². The highest BCUT2D eigenvalue weighted by atomic mass is 16.2. The second kappa shape index (κ2) is 9.56. The van der Waals surface area contributed by atoms with Gasteiger partial charge in [-0.05, 0) is 37.0 Å². The summed E-state index contributed by atoms with van der Waals surface area (Å²) in [4.78, 5) is 14.8. The van der Waals surface area contributed by atoms with Crippen molar-refractivity contribution in [2.24, 2.45) is 11.7 Å². The van der Waals surface area contributed by atoms with Crippen LogP contribution in [0.15, 0.2) is 24.3 Å². The fraction of sp³-hybridized carbons (Fsp3) is 0.611. The lowest BCUT2D eigenvalue weighted by molar-refractivity contribution is -0.122. The molecule has 0 heterocycles. The van der Waals surface area contributed by atoms with E-state index in [2.05, 4.69) is 20.8 Å². The Hall–Kier alpha value is -1.35. The first-order valence-electron chi connectivity index (χ1n) is 8.28. The molecule has 118 valence electrons. The average Bonchev–Trinajstić information content (AvgIpc) is 2.53. The van der Waals surface area contributed by atoms with Gasteiger partial charge in [-0.25, -0.2) is 0 Å². The number of hydrogen-bond donors (Lipinski definition) is 1. The first-order valence-corrected chi connectivity index (χ1v) is 8.28. The molecule has 0 aliphatic carbocycles. The van der Waals surface area contributed by atoms with Crippen molar-refractivity contribution in [1.82, 2.24) is 0 Å². The van der Waals surface area contributed by atoms with Gasteiger partial charge >= 0.3 is 0 Å². The quantitative estimate of drug-likeness (QED) is 0.744. The predicted octanol–water partition coefficient (Wildman–Crippen LogP) is 4.10. The molecule has 0 bridgehead atoms. The van der Waals surface area contributed by atoms with Crippen LogP contribution in [0, 0.1) is 5.92 Å². The van der Waals surface area contributed by atoms with Crippen molar-refractivity contribution in [2.45, 2.75) is 59.4 Å². The molecule has 2 N–H and O–H groups in total. The lowest BCUT2D eigenvalue weighted by atomic mass is 9.97. The van der Waals surface area contributed by atoms with E-state index in [1.54, 1.807) is 0 Å². The van der Waals surface area contributed by atoms with Crippen LogP contribution in [0.3, 0.4) is 0 Å². The molecule has 1 unspecified atom stereocenters. The fourth-order valence-corrected chi connectivity index (χ4v) is 2.58. The number of anilines is 1. The number of amides is 1. The molecule has 0 fully saturated rings. The van der Waals surface area contributed by atoms with Crippen LogP contribution in [0.4, 0.5) is 5.69 Å². The predicted molar refractivity (Wildman–Crippen MR) is 90.3 cm³/mol. The molecule has 0 saturated carbocycles. The van der Waals surface area contributed by atoms with E-state index in [1.165, 1.54) is 0 Å². The van der Waals surface area contributed by atoms with E-state index >= 15 is 0 Å². The monoisotopic (exact) mass is 290 g/mol. The summed E-state index contributed by atoms with van der Waals surface area (Å²) in [5.41, 5.74) is 7.73. The molecule has 0 aliphatic heterocycles. The van der Waals surface area contributed by atoms with Crippen molar-refractivity contribution in [3.8, 4) is 0 Å². The Morgan fingerprint density at radius 1 is 1.14 bits per heavy atom. The van der Waals surface area contributed by atoms with Gasteiger partial charge in [0.25, 0.3) is 0 Å². The van der Waals surface area contributed by atoms with E-state index < -0.39 is 0 Å². The molecule has 1 atom stereocenters. The highest BCUT2D eigenvalue weighted by Crippen LogP contribution is 2.22. The van der Waals surface area contributed by atoms with Crippen molar-refractivity contribution < 1.29 is 4.79 Å². The maximum atomic E-state index is 12.8. The summed E-state index contributed by atoms with van der Waals surface area (Å²) in [7, 11) is 0. The molecule has 3 nitrogen and oxygen atoms in total. The van der Waals surface area contributed by atoms with Gasteiger partial charge in [-0.3, -0.25) is 4.79 Å². The molecule has 1 aromatic rings. The van der Waals surface area contributed by atoms with E-state index in [1.807, 2.05) is 29.2 Å². The summed E-state index contributed by atoms with van der Waals surface area (Å²) < 4.78 is 0. The Bertz CT molecular complexity index is 414. The normalized spacial score (nSPS) is 12.2. The van der Waals surface area contributed by atoms with Crippen molar-refractivity contribution in [2.75, 3.05) is 11.4 Å². The number of carbonyl (C=O) groups excluding carboxylic acids is 1. The first kappa shape index (κ1) is 17.7. The molecule has 0 aliphatic rings. The molecule has 1 rings (SSSR count). The molecule has 3 heteroatoms. The summed E-state index contributed by atoms with van der Waals surface area (Å²) >= 11 is 0. The van der Waals surface area contributed by atoms with Gasteiger partial charge in [0, 0.05) is 24.7 Å². The zero-order chi connectivity index (χ0) is 15.7.